The van der Waals surface area contributed by atoms with Crippen molar-refractivity contribution < 1.29 is 0 Å². The maximum Gasteiger partial charge on any atom is 0.138 e. The minimum Gasteiger partial charge on any atom is -0.335 e. The van der Waals surface area contributed by atoms with Gasteiger partial charge in [-0.3, -0.25) is 0 Å². The maximum absolute atomic E-state index is 5.00. The Labute approximate surface area is 184 Å². The van der Waals surface area contributed by atoms with E-state index in [2.05, 4.69) is 103 Å². The average Bonchev–Trinajstić information content (AvgIpc) is 3.30. The Morgan fingerprint density at radius 2 is 1.97 bits per heavy atom. The number of hydrogen-bond donors (Lipinski definition) is 0. The van der Waals surface area contributed by atoms with E-state index in [-0.39, 0.29) is 0 Å². The molecule has 3 aromatic heterocycles. The topological polar surface area (TPSA) is 22.2 Å². The first-order valence-electron chi connectivity index (χ1n) is 10.8. The molecule has 0 N–H and O–H groups in total. The van der Waals surface area contributed by atoms with E-state index < -0.39 is 0 Å². The van der Waals surface area contributed by atoms with Crippen molar-refractivity contribution in [2.45, 2.75) is 33.7 Å². The van der Waals surface area contributed by atoms with Gasteiger partial charge in [-0.25, -0.2) is 4.98 Å². The molecule has 1 aromatic carbocycles. The maximum atomic E-state index is 5.00. The lowest BCUT2D eigenvalue weighted by molar-refractivity contribution is 0.841. The SMILES string of the molecule is C=Cc1ccn2c(C)c(-c3cc4ccccc4n3CC(=C)/C=C(\C=C/C)CC)nc2c1. The molecule has 0 aliphatic rings. The first-order valence-corrected chi connectivity index (χ1v) is 10.8. The largest absolute Gasteiger partial charge is 0.335 e. The molecule has 0 radical (unpaired) electrons. The number of rotatable bonds is 7. The number of para-hydroxylation sites is 1. The lowest BCUT2D eigenvalue weighted by atomic mass is 10.1. The number of aryl methyl sites for hydroxylation is 1. The van der Waals surface area contributed by atoms with Gasteiger partial charge in [0.15, 0.2) is 0 Å². The van der Waals surface area contributed by atoms with Crippen LogP contribution in [0.25, 0.3) is 34.0 Å². The van der Waals surface area contributed by atoms with Crippen LogP contribution >= 0.6 is 0 Å². The molecule has 0 saturated heterocycles. The summed E-state index contributed by atoms with van der Waals surface area (Å²) in [6, 6.07) is 14.9. The van der Waals surface area contributed by atoms with Gasteiger partial charge in [0.25, 0.3) is 0 Å². The highest BCUT2D eigenvalue weighted by Gasteiger charge is 2.17. The summed E-state index contributed by atoms with van der Waals surface area (Å²) in [5.41, 5.74) is 8.79. The molecule has 0 spiro atoms. The normalized spacial score (nSPS) is 12.3. The van der Waals surface area contributed by atoms with Gasteiger partial charge in [-0.05, 0) is 61.2 Å². The molecule has 0 bridgehead atoms. The summed E-state index contributed by atoms with van der Waals surface area (Å²) in [6.45, 7) is 15.3. The molecule has 3 heteroatoms. The zero-order chi connectivity index (χ0) is 22.0. The van der Waals surface area contributed by atoms with E-state index in [0.29, 0.717) is 0 Å². The Bertz CT molecular complexity index is 1340. The Morgan fingerprint density at radius 1 is 1.16 bits per heavy atom. The monoisotopic (exact) mass is 407 g/mol. The highest BCUT2D eigenvalue weighted by molar-refractivity contribution is 5.87. The van der Waals surface area contributed by atoms with Crippen LogP contribution in [0.5, 0.6) is 0 Å². The van der Waals surface area contributed by atoms with Crippen LogP contribution in [0.2, 0.25) is 0 Å². The van der Waals surface area contributed by atoms with Gasteiger partial charge in [-0.2, -0.15) is 0 Å². The second kappa shape index (κ2) is 8.65. The second-order valence-electron chi connectivity index (χ2n) is 7.84. The smallest absolute Gasteiger partial charge is 0.138 e. The number of pyridine rings is 1. The van der Waals surface area contributed by atoms with E-state index >= 15 is 0 Å². The zero-order valence-corrected chi connectivity index (χ0v) is 18.6. The van der Waals surface area contributed by atoms with Gasteiger partial charge in [0.2, 0.25) is 0 Å². The lowest BCUT2D eigenvalue weighted by Crippen LogP contribution is -2.02. The van der Waals surface area contributed by atoms with Crippen molar-refractivity contribution in [2.75, 3.05) is 0 Å². The van der Waals surface area contributed by atoms with Crippen LogP contribution in [-0.4, -0.2) is 14.0 Å². The molecule has 3 nitrogen and oxygen atoms in total. The Balaban J connectivity index is 1.86. The summed E-state index contributed by atoms with van der Waals surface area (Å²) in [6.07, 6.45) is 11.3. The van der Waals surface area contributed by atoms with E-state index in [4.69, 9.17) is 4.98 Å². The highest BCUT2D eigenvalue weighted by Crippen LogP contribution is 2.31. The number of nitrogens with zero attached hydrogens (tertiary/aromatic N) is 3. The minimum absolute atomic E-state index is 0.717. The number of imidazole rings is 1. The molecule has 31 heavy (non-hydrogen) atoms. The summed E-state index contributed by atoms with van der Waals surface area (Å²) in [5, 5.41) is 1.21. The molecule has 156 valence electrons. The molecular formula is C28H29N3. The van der Waals surface area contributed by atoms with Crippen molar-refractivity contribution in [3.05, 3.63) is 102 Å². The van der Waals surface area contributed by atoms with Crippen LogP contribution in [-0.2, 0) is 6.54 Å². The van der Waals surface area contributed by atoms with Crippen LogP contribution in [0.3, 0.4) is 0 Å². The Hall–Kier alpha value is -3.59. The molecule has 3 heterocycles. The molecule has 0 saturated carbocycles. The van der Waals surface area contributed by atoms with Gasteiger partial charge in [-0.15, -0.1) is 0 Å². The van der Waals surface area contributed by atoms with Crippen molar-refractivity contribution in [1.29, 1.82) is 0 Å². The predicted octanol–water partition coefficient (Wildman–Crippen LogP) is 7.38. The molecule has 0 aliphatic carbocycles. The van der Waals surface area contributed by atoms with Crippen LogP contribution in [0.15, 0.2) is 91.2 Å². The summed E-state index contributed by atoms with van der Waals surface area (Å²) >= 11 is 0. The molecule has 0 aliphatic heterocycles. The predicted molar refractivity (Wildman–Crippen MR) is 133 cm³/mol. The molecule has 0 fully saturated rings. The third-order valence-electron chi connectivity index (χ3n) is 5.72. The van der Waals surface area contributed by atoms with Gasteiger partial charge in [0.05, 0.1) is 5.69 Å². The van der Waals surface area contributed by atoms with Crippen molar-refractivity contribution in [3.8, 4) is 11.4 Å². The van der Waals surface area contributed by atoms with Crippen molar-refractivity contribution >= 4 is 22.6 Å². The van der Waals surface area contributed by atoms with E-state index in [1.54, 1.807) is 0 Å². The van der Waals surface area contributed by atoms with E-state index in [1.165, 1.54) is 16.5 Å². The standard InChI is InChI=1S/C28H29N3/c1-6-11-22(7-2)16-20(4)19-31-25-13-10-9-12-24(25)18-26(31)28-21(5)30-15-14-23(8-3)17-27(30)29-28/h6,8-18H,3-4,7,19H2,1-2,5H3/b11-6-,22-16-. The van der Waals surface area contributed by atoms with E-state index in [0.717, 1.165) is 46.8 Å². The number of benzene rings is 1. The summed E-state index contributed by atoms with van der Waals surface area (Å²) in [4.78, 5) is 5.00. The number of hydrogen-bond acceptors (Lipinski definition) is 1. The fourth-order valence-corrected chi connectivity index (χ4v) is 4.12. The quantitative estimate of drug-likeness (QED) is 0.293. The van der Waals surface area contributed by atoms with Gasteiger partial charge in [-0.1, -0.05) is 62.6 Å². The summed E-state index contributed by atoms with van der Waals surface area (Å²) < 4.78 is 4.47. The highest BCUT2D eigenvalue weighted by atomic mass is 15.1. The van der Waals surface area contributed by atoms with Crippen LogP contribution in [0, 0.1) is 6.92 Å². The number of aromatic nitrogens is 3. The van der Waals surface area contributed by atoms with Crippen molar-refractivity contribution in [3.63, 3.8) is 0 Å². The second-order valence-corrected chi connectivity index (χ2v) is 7.84. The number of allylic oxidation sites excluding steroid dienone is 5. The minimum atomic E-state index is 0.717. The fraction of sp³-hybridized carbons (Fsp3) is 0.179. The van der Waals surface area contributed by atoms with Crippen molar-refractivity contribution in [2.24, 2.45) is 0 Å². The van der Waals surface area contributed by atoms with Crippen LogP contribution in [0.4, 0.5) is 0 Å². The Morgan fingerprint density at radius 3 is 2.71 bits per heavy atom. The molecule has 4 aromatic rings. The van der Waals surface area contributed by atoms with Gasteiger partial charge < -0.3 is 8.97 Å². The third-order valence-corrected chi connectivity index (χ3v) is 5.72. The zero-order valence-electron chi connectivity index (χ0n) is 18.6. The van der Waals surface area contributed by atoms with Crippen LogP contribution in [0.1, 0.15) is 31.5 Å². The van der Waals surface area contributed by atoms with Crippen molar-refractivity contribution in [1.82, 2.24) is 14.0 Å². The summed E-state index contributed by atoms with van der Waals surface area (Å²) in [5.74, 6) is 0. The van der Waals surface area contributed by atoms with Gasteiger partial charge in [0.1, 0.15) is 11.3 Å². The first kappa shape index (κ1) is 20.7. The fourth-order valence-electron chi connectivity index (χ4n) is 4.12. The molecular weight excluding hydrogens is 378 g/mol. The molecule has 0 atom stereocenters. The first-order chi connectivity index (χ1) is 15.0. The van der Waals surface area contributed by atoms with Crippen LogP contribution < -0.4 is 0 Å². The number of fused-ring (bicyclic) bond motifs is 2. The van der Waals surface area contributed by atoms with E-state index in [1.807, 2.05) is 13.0 Å². The lowest BCUT2D eigenvalue weighted by Gasteiger charge is -2.11. The Kier molecular flexibility index (Phi) is 5.77. The van der Waals surface area contributed by atoms with E-state index in [9.17, 15) is 0 Å². The molecule has 0 amide bonds. The average molecular weight is 408 g/mol. The third kappa shape index (κ3) is 3.91. The molecule has 0 unspecified atom stereocenters. The van der Waals surface area contributed by atoms with Gasteiger partial charge >= 0.3 is 0 Å². The van der Waals surface area contributed by atoms with Gasteiger partial charge in [0, 0.05) is 29.3 Å². The summed E-state index contributed by atoms with van der Waals surface area (Å²) in [7, 11) is 0. The molecule has 4 rings (SSSR count).